The molecule has 3 atom stereocenters. The largest absolute Gasteiger partial charge is 0.381 e. The molecule has 17 heavy (non-hydrogen) atoms. The van der Waals surface area contributed by atoms with Gasteiger partial charge in [-0.05, 0) is 17.8 Å². The van der Waals surface area contributed by atoms with E-state index in [1.54, 1.807) is 12.4 Å². The monoisotopic (exact) mass is 250 g/mol. The Morgan fingerprint density at radius 2 is 2.18 bits per heavy atom. The number of rotatable bonds is 2. The standard InChI is InChI=1S/C11H11ClN4O/c12-10-2-13-9-1-14-16(11(9)15-10)3-6-7-4-17-5-8(6)7/h1-2,6-8H,3-5H2/t6-,7+,8-. The molecule has 0 amide bonds. The van der Waals surface area contributed by atoms with Crippen LogP contribution in [0.4, 0.5) is 0 Å². The zero-order valence-electron chi connectivity index (χ0n) is 9.08. The van der Waals surface area contributed by atoms with Crippen molar-refractivity contribution < 1.29 is 4.74 Å². The van der Waals surface area contributed by atoms with Crippen molar-refractivity contribution in [1.82, 2.24) is 19.7 Å². The molecule has 0 N–H and O–H groups in total. The first kappa shape index (κ1) is 9.79. The van der Waals surface area contributed by atoms with Gasteiger partial charge in [0, 0.05) is 6.54 Å². The summed E-state index contributed by atoms with van der Waals surface area (Å²) >= 11 is 5.86. The van der Waals surface area contributed by atoms with Crippen LogP contribution in [0.2, 0.25) is 5.15 Å². The minimum Gasteiger partial charge on any atom is -0.381 e. The Morgan fingerprint density at radius 1 is 1.35 bits per heavy atom. The Morgan fingerprint density at radius 3 is 3.00 bits per heavy atom. The average Bonchev–Trinajstić information content (AvgIpc) is 2.71. The Kier molecular flexibility index (Phi) is 1.96. The van der Waals surface area contributed by atoms with Crippen LogP contribution in [0.15, 0.2) is 12.4 Å². The molecule has 2 aromatic rings. The Balaban J connectivity index is 1.65. The second-order valence-electron chi connectivity index (χ2n) is 4.76. The van der Waals surface area contributed by atoms with Crippen molar-refractivity contribution in [3.63, 3.8) is 0 Å². The van der Waals surface area contributed by atoms with Crippen LogP contribution in [0.1, 0.15) is 0 Å². The molecule has 88 valence electrons. The molecule has 6 heteroatoms. The molecule has 2 aliphatic rings. The first-order valence-electron chi connectivity index (χ1n) is 5.75. The summed E-state index contributed by atoms with van der Waals surface area (Å²) in [5.41, 5.74) is 1.58. The fraction of sp³-hybridized carbons (Fsp3) is 0.545. The number of fused-ring (bicyclic) bond motifs is 2. The summed E-state index contributed by atoms with van der Waals surface area (Å²) in [6, 6.07) is 0. The van der Waals surface area contributed by atoms with Crippen molar-refractivity contribution in [2.75, 3.05) is 13.2 Å². The topological polar surface area (TPSA) is 52.8 Å². The third kappa shape index (κ3) is 1.46. The molecule has 2 fully saturated rings. The molecule has 3 heterocycles. The van der Waals surface area contributed by atoms with E-state index in [1.165, 1.54) is 0 Å². The summed E-state index contributed by atoms with van der Waals surface area (Å²) in [4.78, 5) is 8.48. The zero-order valence-corrected chi connectivity index (χ0v) is 9.84. The Hall–Kier alpha value is -1.20. The summed E-state index contributed by atoms with van der Waals surface area (Å²) < 4.78 is 7.30. The van der Waals surface area contributed by atoms with Gasteiger partial charge in [-0.3, -0.25) is 0 Å². The van der Waals surface area contributed by atoms with E-state index >= 15 is 0 Å². The third-order valence-electron chi connectivity index (χ3n) is 3.83. The summed E-state index contributed by atoms with van der Waals surface area (Å²) in [6.45, 7) is 2.71. The van der Waals surface area contributed by atoms with E-state index in [0.717, 1.165) is 42.8 Å². The lowest BCUT2D eigenvalue weighted by Gasteiger charge is -2.05. The highest BCUT2D eigenvalue weighted by molar-refractivity contribution is 6.29. The highest BCUT2D eigenvalue weighted by Gasteiger charge is 2.53. The summed E-state index contributed by atoms with van der Waals surface area (Å²) in [7, 11) is 0. The van der Waals surface area contributed by atoms with Gasteiger partial charge in [0.05, 0.1) is 25.6 Å². The average molecular weight is 251 g/mol. The van der Waals surface area contributed by atoms with Crippen LogP contribution < -0.4 is 0 Å². The molecule has 1 saturated carbocycles. The molecule has 5 nitrogen and oxygen atoms in total. The summed E-state index contributed by atoms with van der Waals surface area (Å²) in [6.07, 6.45) is 3.29. The first-order chi connectivity index (χ1) is 8.33. The van der Waals surface area contributed by atoms with Crippen molar-refractivity contribution in [3.8, 4) is 0 Å². The summed E-state index contributed by atoms with van der Waals surface area (Å²) in [5.74, 6) is 2.13. The van der Waals surface area contributed by atoms with Crippen molar-refractivity contribution in [2.45, 2.75) is 6.54 Å². The highest BCUT2D eigenvalue weighted by atomic mass is 35.5. The van der Waals surface area contributed by atoms with Crippen LogP contribution in [-0.4, -0.2) is 33.0 Å². The van der Waals surface area contributed by atoms with Crippen molar-refractivity contribution in [3.05, 3.63) is 17.5 Å². The van der Waals surface area contributed by atoms with Crippen molar-refractivity contribution >= 4 is 22.8 Å². The smallest absolute Gasteiger partial charge is 0.178 e. The number of ether oxygens (including phenoxy) is 1. The van der Waals surface area contributed by atoms with Crippen LogP contribution in [0.25, 0.3) is 11.2 Å². The maximum Gasteiger partial charge on any atom is 0.178 e. The van der Waals surface area contributed by atoms with Crippen LogP contribution >= 0.6 is 11.6 Å². The fourth-order valence-corrected chi connectivity index (χ4v) is 2.92. The molecule has 4 rings (SSSR count). The third-order valence-corrected chi connectivity index (χ3v) is 4.01. The minimum absolute atomic E-state index is 0.415. The van der Waals surface area contributed by atoms with Crippen molar-refractivity contribution in [1.29, 1.82) is 0 Å². The van der Waals surface area contributed by atoms with Crippen LogP contribution in [0.3, 0.4) is 0 Å². The van der Waals surface area contributed by atoms with Gasteiger partial charge in [-0.2, -0.15) is 5.10 Å². The fourth-order valence-electron chi connectivity index (χ4n) is 2.79. The minimum atomic E-state index is 0.415. The lowest BCUT2D eigenvalue weighted by atomic mass is 10.3. The number of hydrogen-bond donors (Lipinski definition) is 0. The van der Waals surface area contributed by atoms with Gasteiger partial charge in [-0.1, -0.05) is 11.6 Å². The van der Waals surface area contributed by atoms with Crippen LogP contribution in [0, 0.1) is 17.8 Å². The van der Waals surface area contributed by atoms with Gasteiger partial charge in [0.1, 0.15) is 10.7 Å². The van der Waals surface area contributed by atoms with E-state index in [9.17, 15) is 0 Å². The number of hydrogen-bond acceptors (Lipinski definition) is 4. The lowest BCUT2D eigenvalue weighted by molar-refractivity contribution is 0.147. The van der Waals surface area contributed by atoms with Gasteiger partial charge >= 0.3 is 0 Å². The van der Waals surface area contributed by atoms with Gasteiger partial charge in [0.2, 0.25) is 0 Å². The van der Waals surface area contributed by atoms with Gasteiger partial charge in [-0.25, -0.2) is 14.6 Å². The first-order valence-corrected chi connectivity index (χ1v) is 6.12. The molecule has 0 bridgehead atoms. The predicted octanol–water partition coefficient (Wildman–Crippen LogP) is 1.37. The van der Waals surface area contributed by atoms with Crippen molar-refractivity contribution in [2.24, 2.45) is 17.8 Å². The SMILES string of the molecule is Clc1cnc2cnn(C[C@@H]3[C@@H]4COC[C@@H]43)c2n1. The van der Waals surface area contributed by atoms with E-state index < -0.39 is 0 Å². The van der Waals surface area contributed by atoms with Gasteiger partial charge in [0.25, 0.3) is 0 Å². The van der Waals surface area contributed by atoms with E-state index in [1.807, 2.05) is 4.68 Å². The van der Waals surface area contributed by atoms with Crippen LogP contribution in [0.5, 0.6) is 0 Å². The van der Waals surface area contributed by atoms with E-state index in [2.05, 4.69) is 15.1 Å². The molecule has 1 saturated heterocycles. The van der Waals surface area contributed by atoms with E-state index in [-0.39, 0.29) is 0 Å². The van der Waals surface area contributed by atoms with Gasteiger partial charge in [-0.15, -0.1) is 0 Å². The number of aromatic nitrogens is 4. The van der Waals surface area contributed by atoms with E-state index in [4.69, 9.17) is 16.3 Å². The highest BCUT2D eigenvalue weighted by Crippen LogP contribution is 2.51. The molecule has 2 aromatic heterocycles. The maximum absolute atomic E-state index is 5.86. The molecule has 0 unspecified atom stereocenters. The van der Waals surface area contributed by atoms with Gasteiger partial charge < -0.3 is 4.74 Å². The molecular formula is C11H11ClN4O. The molecule has 0 radical (unpaired) electrons. The second-order valence-corrected chi connectivity index (χ2v) is 5.14. The summed E-state index contributed by atoms with van der Waals surface area (Å²) in [5, 5.41) is 4.75. The quantitative estimate of drug-likeness (QED) is 0.808. The van der Waals surface area contributed by atoms with Gasteiger partial charge in [0.15, 0.2) is 5.65 Å². The number of nitrogens with zero attached hydrogens (tertiary/aromatic N) is 4. The Labute approximate surface area is 103 Å². The van der Waals surface area contributed by atoms with E-state index in [0.29, 0.717) is 11.1 Å². The number of halogens is 1. The second kappa shape index (κ2) is 3.40. The lowest BCUT2D eigenvalue weighted by Crippen LogP contribution is -2.08. The Bertz CT molecular complexity index is 574. The predicted molar refractivity (Wildman–Crippen MR) is 61.6 cm³/mol. The normalized spacial score (nSPS) is 30.8. The molecular weight excluding hydrogens is 240 g/mol. The zero-order chi connectivity index (χ0) is 11.4. The molecule has 0 aromatic carbocycles. The molecule has 1 aliphatic heterocycles. The molecule has 0 spiro atoms. The molecule has 1 aliphatic carbocycles. The van der Waals surface area contributed by atoms with Crippen LogP contribution in [-0.2, 0) is 11.3 Å². The maximum atomic E-state index is 5.86.